The number of nitrogens with zero attached hydrogens (tertiary/aromatic N) is 4. The first-order valence-electron chi connectivity index (χ1n) is 10.2. The number of anilines is 1. The maximum absolute atomic E-state index is 12.0. The highest BCUT2D eigenvalue weighted by atomic mass is 16.2. The second kappa shape index (κ2) is 7.87. The highest BCUT2D eigenvalue weighted by Crippen LogP contribution is 2.33. The van der Waals surface area contributed by atoms with Crippen LogP contribution in [0, 0.1) is 6.92 Å². The molecular formula is C22H29N5O. The van der Waals surface area contributed by atoms with Gasteiger partial charge in [0.25, 0.3) is 0 Å². The zero-order valence-corrected chi connectivity index (χ0v) is 17.0. The van der Waals surface area contributed by atoms with Crippen LogP contribution in [-0.2, 0) is 24.3 Å². The molecule has 2 aliphatic heterocycles. The van der Waals surface area contributed by atoms with E-state index in [2.05, 4.69) is 41.4 Å². The van der Waals surface area contributed by atoms with E-state index in [9.17, 15) is 4.79 Å². The highest BCUT2D eigenvalue weighted by molar-refractivity contribution is 5.74. The minimum absolute atomic E-state index is 0.00152. The number of hydrogen-bond donors (Lipinski definition) is 1. The molecule has 0 bridgehead atoms. The molecule has 6 nitrogen and oxygen atoms in total. The molecular weight excluding hydrogens is 350 g/mol. The number of likely N-dealkylation sites (tertiary alicyclic amines) is 1. The maximum atomic E-state index is 12.0. The molecule has 1 N–H and O–H groups in total. The molecule has 1 fully saturated rings. The Morgan fingerprint density at radius 2 is 2.07 bits per heavy atom. The van der Waals surface area contributed by atoms with Crippen LogP contribution in [0.5, 0.6) is 0 Å². The van der Waals surface area contributed by atoms with Crippen molar-refractivity contribution in [3.8, 4) is 0 Å². The summed E-state index contributed by atoms with van der Waals surface area (Å²) >= 11 is 0. The molecule has 0 unspecified atom stereocenters. The van der Waals surface area contributed by atoms with Crippen LogP contribution in [0.4, 0.5) is 5.82 Å². The van der Waals surface area contributed by atoms with Crippen molar-refractivity contribution in [2.45, 2.75) is 52.2 Å². The lowest BCUT2D eigenvalue weighted by Gasteiger charge is -2.31. The molecule has 1 amide bonds. The molecule has 1 aromatic heterocycles. The average Bonchev–Trinajstić information content (AvgIpc) is 3.19. The number of fused-ring (bicyclic) bond motifs is 1. The molecule has 2 aromatic rings. The van der Waals surface area contributed by atoms with Gasteiger partial charge in [-0.25, -0.2) is 9.97 Å². The zero-order valence-electron chi connectivity index (χ0n) is 17.0. The summed E-state index contributed by atoms with van der Waals surface area (Å²) < 4.78 is 0. The van der Waals surface area contributed by atoms with Crippen LogP contribution in [0.3, 0.4) is 0 Å². The van der Waals surface area contributed by atoms with E-state index < -0.39 is 0 Å². The second-order valence-electron chi connectivity index (χ2n) is 7.86. The first-order valence-corrected chi connectivity index (χ1v) is 10.2. The summed E-state index contributed by atoms with van der Waals surface area (Å²) in [4.78, 5) is 26.1. The number of nitrogens with one attached hydrogen (secondary N) is 1. The van der Waals surface area contributed by atoms with Gasteiger partial charge in [0.2, 0.25) is 5.91 Å². The van der Waals surface area contributed by atoms with E-state index >= 15 is 0 Å². The fourth-order valence-corrected chi connectivity index (χ4v) is 4.43. The maximum Gasteiger partial charge on any atom is 0.220 e. The van der Waals surface area contributed by atoms with Crippen LogP contribution in [0.2, 0.25) is 0 Å². The van der Waals surface area contributed by atoms with Gasteiger partial charge in [-0.1, -0.05) is 24.3 Å². The van der Waals surface area contributed by atoms with Gasteiger partial charge in [-0.05, 0) is 37.3 Å². The Bertz CT molecular complexity index is 881. The van der Waals surface area contributed by atoms with Crippen molar-refractivity contribution in [1.82, 2.24) is 19.8 Å². The third-order valence-corrected chi connectivity index (χ3v) is 6.01. The predicted molar refractivity (Wildman–Crippen MR) is 110 cm³/mol. The van der Waals surface area contributed by atoms with E-state index in [1.165, 1.54) is 16.7 Å². The van der Waals surface area contributed by atoms with E-state index in [0.29, 0.717) is 0 Å². The fraction of sp³-hybridized carbons (Fsp3) is 0.500. The number of carbonyl (C=O) groups is 1. The van der Waals surface area contributed by atoms with E-state index in [1.54, 1.807) is 6.92 Å². The highest BCUT2D eigenvalue weighted by Gasteiger charge is 2.32. The molecule has 1 saturated heterocycles. The molecule has 1 atom stereocenters. The third kappa shape index (κ3) is 3.61. The smallest absolute Gasteiger partial charge is 0.220 e. The Morgan fingerprint density at radius 3 is 2.82 bits per heavy atom. The van der Waals surface area contributed by atoms with Gasteiger partial charge in [0.1, 0.15) is 5.82 Å². The van der Waals surface area contributed by atoms with E-state index in [1.807, 2.05) is 11.9 Å². The van der Waals surface area contributed by atoms with Crippen molar-refractivity contribution in [3.63, 3.8) is 0 Å². The summed E-state index contributed by atoms with van der Waals surface area (Å²) in [6.07, 6.45) is 2.90. The lowest BCUT2D eigenvalue weighted by molar-refractivity contribution is -0.129. The van der Waals surface area contributed by atoms with Gasteiger partial charge in [0.05, 0.1) is 11.7 Å². The fourth-order valence-electron chi connectivity index (χ4n) is 4.43. The van der Waals surface area contributed by atoms with E-state index in [-0.39, 0.29) is 11.9 Å². The Hall–Kier alpha value is -2.47. The summed E-state index contributed by atoms with van der Waals surface area (Å²) in [5.74, 6) is 1.82. The van der Waals surface area contributed by atoms with Gasteiger partial charge in [0, 0.05) is 45.7 Å². The summed E-state index contributed by atoms with van der Waals surface area (Å²) in [6, 6.07) is 8.57. The quantitative estimate of drug-likeness (QED) is 0.885. The standard InChI is InChI=1S/C22H29N5O/c1-15-7-4-5-8-17(15)13-26-12-10-18-19(14-26)24-22(25-21(18)23-3)20-9-6-11-27(20)16(2)28/h4-5,7-8,20H,6,9-14H2,1-3H3,(H,23,24,25)/t20-/m1/s1. The first-order chi connectivity index (χ1) is 13.6. The monoisotopic (exact) mass is 379 g/mol. The van der Waals surface area contributed by atoms with Crippen LogP contribution in [-0.4, -0.2) is 45.8 Å². The van der Waals surface area contributed by atoms with Crippen LogP contribution in [0.15, 0.2) is 24.3 Å². The summed E-state index contributed by atoms with van der Waals surface area (Å²) in [6.45, 7) is 7.36. The molecule has 3 heterocycles. The van der Waals surface area contributed by atoms with Crippen molar-refractivity contribution in [2.24, 2.45) is 0 Å². The Balaban J connectivity index is 1.61. The molecule has 0 radical (unpaired) electrons. The number of hydrogen-bond acceptors (Lipinski definition) is 5. The van der Waals surface area contributed by atoms with Crippen LogP contribution in [0.25, 0.3) is 0 Å². The molecule has 0 spiro atoms. The molecule has 6 heteroatoms. The normalized spacial score (nSPS) is 19.5. The first kappa shape index (κ1) is 18.9. The van der Waals surface area contributed by atoms with Gasteiger partial charge in [0.15, 0.2) is 5.82 Å². The number of carbonyl (C=O) groups excluding carboxylic acids is 1. The number of aryl methyl sites for hydroxylation is 1. The Labute approximate surface area is 167 Å². The summed E-state index contributed by atoms with van der Waals surface area (Å²) in [7, 11) is 1.92. The zero-order chi connectivity index (χ0) is 19.7. The molecule has 0 aliphatic carbocycles. The molecule has 28 heavy (non-hydrogen) atoms. The van der Waals surface area contributed by atoms with Gasteiger partial charge < -0.3 is 10.2 Å². The SMILES string of the molecule is CNc1nc([C@H]2CCCN2C(C)=O)nc2c1CCN(Cc1ccccc1C)C2. The number of rotatable bonds is 4. The van der Waals surface area contributed by atoms with Crippen molar-refractivity contribution in [2.75, 3.05) is 25.5 Å². The lowest BCUT2D eigenvalue weighted by Crippen LogP contribution is -2.34. The van der Waals surface area contributed by atoms with Crippen molar-refractivity contribution >= 4 is 11.7 Å². The lowest BCUT2D eigenvalue weighted by atomic mass is 10.0. The average molecular weight is 380 g/mol. The minimum atomic E-state index is 0.00152. The van der Waals surface area contributed by atoms with Gasteiger partial charge in [-0.3, -0.25) is 9.69 Å². The molecule has 0 saturated carbocycles. The molecule has 2 aliphatic rings. The summed E-state index contributed by atoms with van der Waals surface area (Å²) in [5.41, 5.74) is 5.02. The van der Waals surface area contributed by atoms with Crippen LogP contribution in [0.1, 0.15) is 54.0 Å². The second-order valence-corrected chi connectivity index (χ2v) is 7.86. The Kier molecular flexibility index (Phi) is 5.31. The van der Waals surface area contributed by atoms with Crippen molar-refractivity contribution < 1.29 is 4.79 Å². The largest absolute Gasteiger partial charge is 0.373 e. The topological polar surface area (TPSA) is 61.4 Å². The summed E-state index contributed by atoms with van der Waals surface area (Å²) in [5, 5.41) is 3.26. The van der Waals surface area contributed by atoms with Crippen molar-refractivity contribution in [1.29, 1.82) is 0 Å². The van der Waals surface area contributed by atoms with Crippen molar-refractivity contribution in [3.05, 3.63) is 52.5 Å². The van der Waals surface area contributed by atoms with Gasteiger partial charge in [-0.2, -0.15) is 0 Å². The Morgan fingerprint density at radius 1 is 1.25 bits per heavy atom. The van der Waals surface area contributed by atoms with Gasteiger partial charge in [-0.15, -0.1) is 0 Å². The van der Waals surface area contributed by atoms with E-state index in [0.717, 1.165) is 62.8 Å². The van der Waals surface area contributed by atoms with E-state index in [4.69, 9.17) is 9.97 Å². The third-order valence-electron chi connectivity index (χ3n) is 6.01. The number of aromatic nitrogens is 2. The molecule has 148 valence electrons. The predicted octanol–water partition coefficient (Wildman–Crippen LogP) is 3.07. The van der Waals surface area contributed by atoms with Crippen LogP contribution < -0.4 is 5.32 Å². The number of benzene rings is 1. The van der Waals surface area contributed by atoms with Gasteiger partial charge >= 0.3 is 0 Å². The minimum Gasteiger partial charge on any atom is -0.373 e. The molecule has 4 rings (SSSR count). The van der Waals surface area contributed by atoms with Crippen LogP contribution >= 0.6 is 0 Å². The molecule has 1 aromatic carbocycles. The number of amides is 1.